The molecule has 2 aromatic rings. The van der Waals surface area contributed by atoms with Crippen molar-refractivity contribution in [3.05, 3.63) is 76.5 Å². The second kappa shape index (κ2) is 8.38. The van der Waals surface area contributed by atoms with E-state index in [0.717, 1.165) is 22.0 Å². The molecule has 0 bridgehead atoms. The van der Waals surface area contributed by atoms with Crippen LogP contribution in [0, 0.1) is 5.41 Å². The van der Waals surface area contributed by atoms with Crippen LogP contribution < -0.4 is 11.1 Å². The van der Waals surface area contributed by atoms with Gasteiger partial charge in [-0.3, -0.25) is 14.8 Å². The van der Waals surface area contributed by atoms with Crippen LogP contribution in [0.5, 0.6) is 0 Å². The number of nitrogens with zero attached hydrogens (tertiary/aromatic N) is 2. The van der Waals surface area contributed by atoms with Gasteiger partial charge in [0.2, 0.25) is 5.91 Å². The number of dihydropyridines is 1. The van der Waals surface area contributed by atoms with Gasteiger partial charge in [-0.25, -0.2) is 0 Å². The van der Waals surface area contributed by atoms with Crippen molar-refractivity contribution in [2.45, 2.75) is 12.5 Å². The minimum atomic E-state index is -0.573. The third-order valence-corrected chi connectivity index (χ3v) is 5.21. The molecule has 1 aromatic heterocycles. The van der Waals surface area contributed by atoms with Gasteiger partial charge in [0.15, 0.2) is 0 Å². The first-order chi connectivity index (χ1) is 12.6. The molecule has 0 saturated carbocycles. The quantitative estimate of drug-likeness (QED) is 0.733. The van der Waals surface area contributed by atoms with E-state index in [1.54, 1.807) is 12.4 Å². The predicted molar refractivity (Wildman–Crippen MR) is 107 cm³/mol. The normalized spacial score (nSPS) is 20.0. The number of hydrogen-bond donors (Lipinski definition) is 2. The molecule has 0 aliphatic carbocycles. The zero-order valence-electron chi connectivity index (χ0n) is 14.3. The molecule has 2 atom stereocenters. The summed E-state index contributed by atoms with van der Waals surface area (Å²) in [6.07, 6.45) is 10.3. The Hall–Kier alpha value is -2.31. The number of primary amides is 1. The molecule has 2 unspecified atom stereocenters. The fraction of sp³-hybridized carbons (Fsp3) is 0.250. The van der Waals surface area contributed by atoms with Gasteiger partial charge in [-0.05, 0) is 35.8 Å². The molecule has 1 amide bonds. The van der Waals surface area contributed by atoms with Gasteiger partial charge in [0.05, 0.1) is 0 Å². The summed E-state index contributed by atoms with van der Waals surface area (Å²) in [7, 11) is 0. The second-order valence-electron chi connectivity index (χ2n) is 6.49. The number of allylic oxidation sites excluding steroid dienone is 1. The van der Waals surface area contributed by atoms with Crippen LogP contribution >= 0.6 is 15.9 Å². The topological polar surface area (TPSA) is 80.4 Å². The third kappa shape index (κ3) is 4.45. The number of aromatic nitrogens is 1. The van der Waals surface area contributed by atoms with E-state index in [9.17, 15) is 4.79 Å². The Labute approximate surface area is 161 Å². The van der Waals surface area contributed by atoms with E-state index in [1.165, 1.54) is 0 Å². The molecule has 0 spiro atoms. The molecule has 5 nitrogen and oxygen atoms in total. The van der Waals surface area contributed by atoms with Crippen molar-refractivity contribution in [3.63, 3.8) is 0 Å². The van der Waals surface area contributed by atoms with E-state index in [4.69, 9.17) is 5.73 Å². The monoisotopic (exact) mass is 412 g/mol. The summed E-state index contributed by atoms with van der Waals surface area (Å²) >= 11 is 3.50. The van der Waals surface area contributed by atoms with Crippen molar-refractivity contribution in [2.24, 2.45) is 16.1 Å². The largest absolute Gasteiger partial charge is 0.368 e. The molecule has 0 radical (unpaired) electrons. The van der Waals surface area contributed by atoms with Crippen LogP contribution in [0.15, 0.2) is 70.4 Å². The van der Waals surface area contributed by atoms with E-state index >= 15 is 0 Å². The third-order valence-electron chi connectivity index (χ3n) is 4.49. The highest BCUT2D eigenvalue weighted by Crippen LogP contribution is 2.29. The van der Waals surface area contributed by atoms with Crippen molar-refractivity contribution >= 4 is 28.1 Å². The molecule has 0 saturated heterocycles. The zero-order chi connectivity index (χ0) is 18.4. The highest BCUT2D eigenvalue weighted by molar-refractivity contribution is 9.10. The molecule has 1 aliphatic heterocycles. The first kappa shape index (κ1) is 18.5. The van der Waals surface area contributed by atoms with Crippen LogP contribution in [0.3, 0.4) is 0 Å². The maximum atomic E-state index is 12.1. The molecular formula is C20H21BrN4O. The highest BCUT2D eigenvalue weighted by Gasteiger charge is 2.31. The standard InChI is InChI=1S/C20H21BrN4O/c21-17-7-2-1-6-16(17)18(19(22)26)25-14-20(8-4-10-24-13-20)11-15-5-3-9-23-12-15/h1-10,12,18,25H,11,13-14H2,(H2,22,26). The van der Waals surface area contributed by atoms with Crippen LogP contribution in [0.1, 0.15) is 17.2 Å². The molecule has 26 heavy (non-hydrogen) atoms. The molecule has 1 aromatic carbocycles. The summed E-state index contributed by atoms with van der Waals surface area (Å²) in [6.45, 7) is 1.22. The number of carbonyl (C=O) groups is 1. The summed E-state index contributed by atoms with van der Waals surface area (Å²) < 4.78 is 0.856. The van der Waals surface area contributed by atoms with Crippen molar-refractivity contribution in [2.75, 3.05) is 13.1 Å². The number of carbonyl (C=O) groups excluding carboxylic acids is 1. The van der Waals surface area contributed by atoms with Crippen LogP contribution in [-0.4, -0.2) is 30.2 Å². The molecule has 3 N–H and O–H groups in total. The van der Waals surface area contributed by atoms with Gasteiger partial charge in [-0.1, -0.05) is 46.3 Å². The van der Waals surface area contributed by atoms with E-state index < -0.39 is 11.9 Å². The maximum absolute atomic E-state index is 12.1. The number of hydrogen-bond acceptors (Lipinski definition) is 4. The van der Waals surface area contributed by atoms with Gasteiger partial charge < -0.3 is 11.1 Å². The minimum absolute atomic E-state index is 0.229. The average Bonchev–Trinajstić information content (AvgIpc) is 2.65. The van der Waals surface area contributed by atoms with E-state index in [2.05, 4.69) is 43.4 Å². The minimum Gasteiger partial charge on any atom is -0.368 e. The number of nitrogens with one attached hydrogen (secondary N) is 1. The molecule has 6 heteroatoms. The Morgan fingerprint density at radius 2 is 2.15 bits per heavy atom. The number of pyridine rings is 1. The van der Waals surface area contributed by atoms with Gasteiger partial charge in [-0.15, -0.1) is 0 Å². The molecule has 1 aliphatic rings. The molecular weight excluding hydrogens is 392 g/mol. The zero-order valence-corrected chi connectivity index (χ0v) is 15.9. The van der Waals surface area contributed by atoms with Crippen molar-refractivity contribution in [3.8, 4) is 0 Å². The summed E-state index contributed by atoms with van der Waals surface area (Å²) in [4.78, 5) is 20.7. The van der Waals surface area contributed by atoms with Gasteiger partial charge >= 0.3 is 0 Å². The van der Waals surface area contributed by atoms with Crippen LogP contribution in [0.25, 0.3) is 0 Å². The van der Waals surface area contributed by atoms with Gasteiger partial charge in [0.25, 0.3) is 0 Å². The number of halogens is 1. The number of rotatable bonds is 7. The van der Waals surface area contributed by atoms with E-state index in [-0.39, 0.29) is 5.41 Å². The molecule has 3 rings (SSSR count). The SMILES string of the molecule is NC(=O)C(NCC1(Cc2cccnc2)C=CC=NC1)c1ccccc1Br. The molecule has 0 fully saturated rings. The van der Waals surface area contributed by atoms with E-state index in [0.29, 0.717) is 13.1 Å². The lowest BCUT2D eigenvalue weighted by Gasteiger charge is -2.33. The Bertz CT molecular complexity index is 822. The van der Waals surface area contributed by atoms with E-state index in [1.807, 2.05) is 42.6 Å². The number of aliphatic imine (C=N–C) groups is 1. The number of nitrogens with two attached hydrogens (primary N) is 1. The fourth-order valence-electron chi connectivity index (χ4n) is 3.17. The lowest BCUT2D eigenvalue weighted by atomic mass is 9.80. The highest BCUT2D eigenvalue weighted by atomic mass is 79.9. The van der Waals surface area contributed by atoms with Crippen LogP contribution in [-0.2, 0) is 11.2 Å². The maximum Gasteiger partial charge on any atom is 0.239 e. The lowest BCUT2D eigenvalue weighted by molar-refractivity contribution is -0.120. The fourth-order valence-corrected chi connectivity index (χ4v) is 3.69. The first-order valence-corrected chi connectivity index (χ1v) is 9.23. The van der Waals surface area contributed by atoms with Crippen molar-refractivity contribution in [1.29, 1.82) is 0 Å². The van der Waals surface area contributed by atoms with Gasteiger partial charge in [0.1, 0.15) is 6.04 Å². The van der Waals surface area contributed by atoms with Gasteiger partial charge in [0, 0.05) is 41.6 Å². The Kier molecular flexibility index (Phi) is 5.96. The summed E-state index contributed by atoms with van der Waals surface area (Å²) in [5.74, 6) is -0.406. The average molecular weight is 413 g/mol. The summed E-state index contributed by atoms with van der Waals surface area (Å²) in [6, 6.07) is 11.0. The number of benzene rings is 1. The smallest absolute Gasteiger partial charge is 0.239 e. The van der Waals surface area contributed by atoms with Crippen LogP contribution in [0.2, 0.25) is 0 Å². The number of amides is 1. The van der Waals surface area contributed by atoms with Crippen molar-refractivity contribution in [1.82, 2.24) is 10.3 Å². The van der Waals surface area contributed by atoms with Crippen LogP contribution in [0.4, 0.5) is 0 Å². The lowest BCUT2D eigenvalue weighted by Crippen LogP contribution is -2.43. The van der Waals surface area contributed by atoms with Crippen molar-refractivity contribution < 1.29 is 4.79 Å². The Balaban J connectivity index is 1.80. The summed E-state index contributed by atoms with van der Waals surface area (Å²) in [5, 5.41) is 3.36. The Morgan fingerprint density at radius 3 is 2.81 bits per heavy atom. The first-order valence-electron chi connectivity index (χ1n) is 8.43. The second-order valence-corrected chi connectivity index (χ2v) is 7.34. The molecule has 134 valence electrons. The molecule has 2 heterocycles. The predicted octanol–water partition coefficient (Wildman–Crippen LogP) is 2.83. The summed E-state index contributed by atoms with van der Waals surface area (Å²) in [5.41, 5.74) is 7.40. The Morgan fingerprint density at radius 1 is 1.31 bits per heavy atom. The van der Waals surface area contributed by atoms with Gasteiger partial charge in [-0.2, -0.15) is 0 Å².